The van der Waals surface area contributed by atoms with Crippen LogP contribution in [0.4, 0.5) is 10.1 Å². The largest absolute Gasteiger partial charge is 0.495 e. The van der Waals surface area contributed by atoms with E-state index in [1.165, 1.54) is 32.4 Å². The Labute approximate surface area is 151 Å². The third-order valence-electron chi connectivity index (χ3n) is 3.00. The molecule has 0 atom stereocenters. The lowest BCUT2D eigenvalue weighted by Crippen LogP contribution is -2.20. The molecule has 0 radical (unpaired) electrons. The molecule has 2 aromatic carbocycles. The second kappa shape index (κ2) is 8.21. The molecule has 0 unspecified atom stereocenters. The summed E-state index contributed by atoms with van der Waals surface area (Å²) in [5.41, 5.74) is 0.355. The molecule has 0 aliphatic heterocycles. The molecule has 0 aliphatic rings. The van der Waals surface area contributed by atoms with E-state index in [4.69, 9.17) is 25.8 Å². The van der Waals surface area contributed by atoms with E-state index in [1.54, 1.807) is 12.1 Å². The second-order valence-electron chi connectivity index (χ2n) is 4.60. The van der Waals surface area contributed by atoms with Gasteiger partial charge in [0, 0.05) is 10.5 Å². The third-order valence-corrected chi connectivity index (χ3v) is 3.79. The number of carbonyl (C=O) groups excluding carboxylic acids is 1. The molecule has 0 spiro atoms. The number of anilines is 1. The van der Waals surface area contributed by atoms with Crippen molar-refractivity contribution in [3.05, 3.63) is 45.6 Å². The Morgan fingerprint density at radius 2 is 1.88 bits per heavy atom. The van der Waals surface area contributed by atoms with Gasteiger partial charge in [-0.1, -0.05) is 27.5 Å². The summed E-state index contributed by atoms with van der Waals surface area (Å²) in [5.74, 6) is -0.286. The predicted octanol–water partition coefficient (Wildman–Crippen LogP) is 4.28. The number of nitrogens with one attached hydrogen (secondary N) is 1. The molecule has 128 valence electrons. The second-order valence-corrected chi connectivity index (χ2v) is 5.92. The van der Waals surface area contributed by atoms with Crippen LogP contribution in [0.2, 0.25) is 5.02 Å². The van der Waals surface area contributed by atoms with Crippen LogP contribution in [0, 0.1) is 5.82 Å². The van der Waals surface area contributed by atoms with Crippen molar-refractivity contribution in [2.24, 2.45) is 0 Å². The fourth-order valence-corrected chi connectivity index (χ4v) is 2.45. The van der Waals surface area contributed by atoms with Gasteiger partial charge in [-0.25, -0.2) is 4.39 Å². The van der Waals surface area contributed by atoms with Gasteiger partial charge < -0.3 is 19.5 Å². The minimum atomic E-state index is -0.567. The summed E-state index contributed by atoms with van der Waals surface area (Å²) in [6.07, 6.45) is 0. The summed E-state index contributed by atoms with van der Waals surface area (Å²) in [4.78, 5) is 12.0. The molecule has 0 aliphatic carbocycles. The summed E-state index contributed by atoms with van der Waals surface area (Å²) in [5, 5.41) is 2.91. The summed E-state index contributed by atoms with van der Waals surface area (Å²) < 4.78 is 29.7. The fourth-order valence-electron chi connectivity index (χ4n) is 1.88. The first kappa shape index (κ1) is 18.4. The Bertz CT molecular complexity index is 757. The van der Waals surface area contributed by atoms with Crippen molar-refractivity contribution in [2.75, 3.05) is 26.1 Å². The van der Waals surface area contributed by atoms with Crippen LogP contribution in [0.3, 0.4) is 0 Å². The fraction of sp³-hybridized carbons (Fsp3) is 0.188. The number of hydrogen-bond donors (Lipinski definition) is 1. The van der Waals surface area contributed by atoms with E-state index in [0.717, 1.165) is 0 Å². The van der Waals surface area contributed by atoms with Gasteiger partial charge in [0.05, 0.1) is 24.9 Å². The maximum Gasteiger partial charge on any atom is 0.262 e. The summed E-state index contributed by atoms with van der Waals surface area (Å²) in [7, 11) is 2.92. The molecule has 0 fully saturated rings. The van der Waals surface area contributed by atoms with Crippen LogP contribution in [0.15, 0.2) is 34.8 Å². The van der Waals surface area contributed by atoms with Crippen LogP contribution in [-0.2, 0) is 4.79 Å². The zero-order valence-corrected chi connectivity index (χ0v) is 15.2. The lowest BCUT2D eigenvalue weighted by Gasteiger charge is -2.13. The number of amides is 1. The van der Waals surface area contributed by atoms with Gasteiger partial charge in [0.1, 0.15) is 11.5 Å². The van der Waals surface area contributed by atoms with Gasteiger partial charge in [0.25, 0.3) is 5.91 Å². The molecule has 0 saturated carbocycles. The highest BCUT2D eigenvalue weighted by molar-refractivity contribution is 9.10. The van der Waals surface area contributed by atoms with Gasteiger partial charge in [0.2, 0.25) is 0 Å². The quantitative estimate of drug-likeness (QED) is 0.761. The van der Waals surface area contributed by atoms with Crippen LogP contribution in [0.25, 0.3) is 0 Å². The van der Waals surface area contributed by atoms with Gasteiger partial charge >= 0.3 is 0 Å². The Hall–Kier alpha value is -1.99. The minimum absolute atomic E-state index is 0.0203. The number of benzene rings is 2. The molecule has 24 heavy (non-hydrogen) atoms. The highest BCUT2D eigenvalue weighted by Gasteiger charge is 2.13. The van der Waals surface area contributed by atoms with Gasteiger partial charge in [-0.15, -0.1) is 0 Å². The molecule has 0 saturated heterocycles. The van der Waals surface area contributed by atoms with E-state index in [9.17, 15) is 9.18 Å². The Kier molecular flexibility index (Phi) is 6.28. The number of hydrogen-bond acceptors (Lipinski definition) is 4. The van der Waals surface area contributed by atoms with Crippen LogP contribution in [0.1, 0.15) is 0 Å². The molecule has 2 rings (SSSR count). The zero-order chi connectivity index (χ0) is 17.7. The van der Waals surface area contributed by atoms with E-state index in [-0.39, 0.29) is 12.4 Å². The van der Waals surface area contributed by atoms with E-state index < -0.39 is 11.7 Å². The van der Waals surface area contributed by atoms with Crippen molar-refractivity contribution in [3.63, 3.8) is 0 Å². The highest BCUT2D eigenvalue weighted by Crippen LogP contribution is 2.35. The number of methoxy groups -OCH3 is 2. The maximum absolute atomic E-state index is 13.6. The Morgan fingerprint density at radius 3 is 2.50 bits per heavy atom. The molecule has 0 aromatic heterocycles. The van der Waals surface area contributed by atoms with Crippen molar-refractivity contribution >= 4 is 39.1 Å². The molecule has 0 bridgehead atoms. The van der Waals surface area contributed by atoms with E-state index in [0.29, 0.717) is 26.7 Å². The van der Waals surface area contributed by atoms with Gasteiger partial charge in [-0.05, 0) is 24.3 Å². The third kappa shape index (κ3) is 4.52. The predicted molar refractivity (Wildman–Crippen MR) is 92.8 cm³/mol. The number of ether oxygens (including phenoxy) is 3. The van der Waals surface area contributed by atoms with Crippen molar-refractivity contribution in [1.82, 2.24) is 0 Å². The monoisotopic (exact) mass is 417 g/mol. The highest BCUT2D eigenvalue weighted by atomic mass is 79.9. The lowest BCUT2D eigenvalue weighted by atomic mass is 10.2. The first-order valence-electron chi connectivity index (χ1n) is 6.73. The van der Waals surface area contributed by atoms with Crippen LogP contribution in [-0.4, -0.2) is 26.7 Å². The summed E-state index contributed by atoms with van der Waals surface area (Å²) in [6.45, 7) is -0.370. The van der Waals surface area contributed by atoms with Crippen LogP contribution >= 0.6 is 27.5 Å². The van der Waals surface area contributed by atoms with Gasteiger partial charge in [-0.2, -0.15) is 0 Å². The number of rotatable bonds is 6. The Balaban J connectivity index is 2.05. The standard InChI is InChI=1S/C16H14BrClFNO4/c1-22-14-7-15(23-2)12(6-10(14)18)20-16(21)8-24-13-4-3-9(17)5-11(13)19/h3-7H,8H2,1-2H3,(H,20,21). The normalized spacial score (nSPS) is 10.2. The van der Waals surface area contributed by atoms with Gasteiger partial charge in [0.15, 0.2) is 18.2 Å². The van der Waals surface area contributed by atoms with E-state index in [1.807, 2.05) is 0 Å². The number of halogens is 3. The zero-order valence-electron chi connectivity index (χ0n) is 12.9. The molecule has 8 heteroatoms. The first-order chi connectivity index (χ1) is 11.4. The van der Waals surface area contributed by atoms with Crippen molar-refractivity contribution < 1.29 is 23.4 Å². The molecule has 1 amide bonds. The molecule has 5 nitrogen and oxygen atoms in total. The van der Waals surface area contributed by atoms with Gasteiger partial charge in [-0.3, -0.25) is 4.79 Å². The maximum atomic E-state index is 13.6. The lowest BCUT2D eigenvalue weighted by molar-refractivity contribution is -0.118. The molecular formula is C16H14BrClFNO4. The molecule has 2 aromatic rings. The average Bonchev–Trinajstić information content (AvgIpc) is 2.54. The number of carbonyl (C=O) groups is 1. The van der Waals surface area contributed by atoms with E-state index >= 15 is 0 Å². The van der Waals surface area contributed by atoms with Crippen LogP contribution in [0.5, 0.6) is 17.2 Å². The Morgan fingerprint density at radius 1 is 1.17 bits per heavy atom. The smallest absolute Gasteiger partial charge is 0.262 e. The first-order valence-corrected chi connectivity index (χ1v) is 7.91. The molecule has 1 N–H and O–H groups in total. The van der Waals surface area contributed by atoms with Crippen LogP contribution < -0.4 is 19.5 Å². The van der Waals surface area contributed by atoms with Crippen molar-refractivity contribution in [1.29, 1.82) is 0 Å². The summed E-state index contributed by atoms with van der Waals surface area (Å²) in [6, 6.07) is 7.34. The molecular weight excluding hydrogens is 405 g/mol. The molecule has 0 heterocycles. The van der Waals surface area contributed by atoms with Crippen molar-refractivity contribution in [2.45, 2.75) is 0 Å². The topological polar surface area (TPSA) is 56.8 Å². The van der Waals surface area contributed by atoms with Crippen molar-refractivity contribution in [3.8, 4) is 17.2 Å². The van der Waals surface area contributed by atoms with E-state index in [2.05, 4.69) is 21.2 Å². The summed E-state index contributed by atoms with van der Waals surface area (Å²) >= 11 is 9.18. The average molecular weight is 419 g/mol. The minimum Gasteiger partial charge on any atom is -0.495 e. The SMILES string of the molecule is COc1cc(OC)c(NC(=O)COc2ccc(Br)cc2F)cc1Cl.